The van der Waals surface area contributed by atoms with E-state index in [9.17, 15) is 4.39 Å². The summed E-state index contributed by atoms with van der Waals surface area (Å²) in [6, 6.07) is 5.45. The molecule has 20 heavy (non-hydrogen) atoms. The normalized spacial score (nSPS) is 12.6. The zero-order valence-electron chi connectivity index (χ0n) is 11.6. The van der Waals surface area contributed by atoms with Crippen molar-refractivity contribution < 1.29 is 4.39 Å². The number of hydrogen-bond acceptors (Lipinski definition) is 3. The van der Waals surface area contributed by atoms with Crippen molar-refractivity contribution in [3.05, 3.63) is 50.1 Å². The summed E-state index contributed by atoms with van der Waals surface area (Å²) >= 11 is 4.94. The van der Waals surface area contributed by atoms with Crippen LogP contribution in [0, 0.1) is 12.7 Å². The number of halogens is 2. The standard InChI is InChI=1S/C15H18BrFN2S/c1-3-18-13(8-14-9-20-10(2)19-14)6-11-4-5-12(16)7-15(11)17/h4-5,7,9,13,18H,3,6,8H2,1-2H3. The molecule has 1 aromatic carbocycles. The molecule has 0 amide bonds. The Labute approximate surface area is 131 Å². The molecule has 0 aliphatic heterocycles. The molecule has 1 N–H and O–H groups in total. The van der Waals surface area contributed by atoms with Crippen molar-refractivity contribution in [3.63, 3.8) is 0 Å². The molecule has 2 nitrogen and oxygen atoms in total. The van der Waals surface area contributed by atoms with Gasteiger partial charge in [0.25, 0.3) is 0 Å². The molecule has 0 saturated carbocycles. The van der Waals surface area contributed by atoms with E-state index in [1.54, 1.807) is 11.3 Å². The van der Waals surface area contributed by atoms with E-state index in [2.05, 4.69) is 38.5 Å². The second kappa shape index (κ2) is 7.29. The SMILES string of the molecule is CCNC(Cc1csc(C)n1)Cc1ccc(Br)cc1F. The molecule has 2 rings (SSSR count). The largest absolute Gasteiger partial charge is 0.314 e. The second-order valence-corrected chi connectivity index (χ2v) is 6.73. The van der Waals surface area contributed by atoms with Gasteiger partial charge in [0, 0.05) is 22.3 Å². The molecular weight excluding hydrogens is 339 g/mol. The van der Waals surface area contributed by atoms with Crippen molar-refractivity contribution in [3.8, 4) is 0 Å². The fraction of sp³-hybridized carbons (Fsp3) is 0.400. The lowest BCUT2D eigenvalue weighted by Gasteiger charge is -2.17. The van der Waals surface area contributed by atoms with Gasteiger partial charge in [0.2, 0.25) is 0 Å². The first kappa shape index (κ1) is 15.6. The summed E-state index contributed by atoms with van der Waals surface area (Å²) in [7, 11) is 0. The smallest absolute Gasteiger partial charge is 0.127 e. The van der Waals surface area contributed by atoms with Crippen LogP contribution in [0.25, 0.3) is 0 Å². The van der Waals surface area contributed by atoms with Crippen molar-refractivity contribution in [1.29, 1.82) is 0 Å². The highest BCUT2D eigenvalue weighted by Gasteiger charge is 2.14. The number of nitrogens with one attached hydrogen (secondary N) is 1. The Morgan fingerprint density at radius 2 is 2.20 bits per heavy atom. The molecule has 5 heteroatoms. The number of rotatable bonds is 6. The number of nitrogens with zero attached hydrogens (tertiary/aromatic N) is 1. The Balaban J connectivity index is 2.08. The van der Waals surface area contributed by atoms with Crippen LogP contribution < -0.4 is 5.32 Å². The summed E-state index contributed by atoms with van der Waals surface area (Å²) in [4.78, 5) is 4.49. The first-order valence-electron chi connectivity index (χ1n) is 6.66. The molecule has 2 aromatic rings. The van der Waals surface area contributed by atoms with Gasteiger partial charge in [-0.2, -0.15) is 0 Å². The van der Waals surface area contributed by atoms with Crippen LogP contribution in [0.4, 0.5) is 4.39 Å². The minimum absolute atomic E-state index is 0.156. The van der Waals surface area contributed by atoms with Crippen LogP contribution in [-0.4, -0.2) is 17.6 Å². The third-order valence-electron chi connectivity index (χ3n) is 3.10. The quantitative estimate of drug-likeness (QED) is 0.841. The molecule has 0 bridgehead atoms. The summed E-state index contributed by atoms with van der Waals surface area (Å²) in [5, 5.41) is 6.57. The van der Waals surface area contributed by atoms with E-state index in [1.165, 1.54) is 6.07 Å². The minimum Gasteiger partial charge on any atom is -0.314 e. The molecule has 0 spiro atoms. The van der Waals surface area contributed by atoms with E-state index in [0.717, 1.165) is 33.7 Å². The highest BCUT2D eigenvalue weighted by atomic mass is 79.9. The highest BCUT2D eigenvalue weighted by Crippen LogP contribution is 2.18. The first-order chi connectivity index (χ1) is 9.58. The van der Waals surface area contributed by atoms with Crippen molar-refractivity contribution in [2.24, 2.45) is 0 Å². The number of benzene rings is 1. The van der Waals surface area contributed by atoms with Crippen molar-refractivity contribution in [2.45, 2.75) is 32.7 Å². The van der Waals surface area contributed by atoms with E-state index in [-0.39, 0.29) is 11.9 Å². The minimum atomic E-state index is -0.156. The summed E-state index contributed by atoms with van der Waals surface area (Å²) in [5.74, 6) is -0.156. The first-order valence-corrected chi connectivity index (χ1v) is 8.34. The van der Waals surface area contributed by atoms with Gasteiger partial charge in [-0.25, -0.2) is 9.37 Å². The molecule has 0 aliphatic rings. The van der Waals surface area contributed by atoms with Gasteiger partial charge in [-0.3, -0.25) is 0 Å². The Bertz CT molecular complexity index is 571. The molecule has 1 heterocycles. The van der Waals surface area contributed by atoms with Crippen LogP contribution in [0.15, 0.2) is 28.1 Å². The molecule has 1 unspecified atom stereocenters. The predicted molar refractivity (Wildman–Crippen MR) is 85.8 cm³/mol. The van der Waals surface area contributed by atoms with Crippen LogP contribution in [0.3, 0.4) is 0 Å². The van der Waals surface area contributed by atoms with Gasteiger partial charge in [-0.05, 0) is 37.6 Å². The van der Waals surface area contributed by atoms with E-state index in [1.807, 2.05) is 19.1 Å². The van der Waals surface area contributed by atoms with E-state index in [0.29, 0.717) is 6.42 Å². The molecule has 1 atom stereocenters. The van der Waals surface area contributed by atoms with Crippen LogP contribution in [0.5, 0.6) is 0 Å². The van der Waals surface area contributed by atoms with E-state index in [4.69, 9.17) is 0 Å². The average Bonchev–Trinajstić information content (AvgIpc) is 2.78. The second-order valence-electron chi connectivity index (χ2n) is 4.76. The molecule has 0 saturated heterocycles. The summed E-state index contributed by atoms with van der Waals surface area (Å²) in [5.41, 5.74) is 1.82. The molecule has 1 aromatic heterocycles. The van der Waals surface area contributed by atoms with E-state index < -0.39 is 0 Å². The molecule has 0 radical (unpaired) electrons. The van der Waals surface area contributed by atoms with Crippen LogP contribution in [0.1, 0.15) is 23.2 Å². The Hall–Kier alpha value is -0.780. The molecule has 108 valence electrons. The third-order valence-corrected chi connectivity index (χ3v) is 4.41. The average molecular weight is 357 g/mol. The maximum absolute atomic E-state index is 13.9. The van der Waals surface area contributed by atoms with Gasteiger partial charge in [0.05, 0.1) is 10.7 Å². The summed E-state index contributed by atoms with van der Waals surface area (Å²) in [6.07, 6.45) is 1.50. The molecular formula is C15H18BrFN2S. The fourth-order valence-corrected chi connectivity index (χ4v) is 3.17. The lowest BCUT2D eigenvalue weighted by molar-refractivity contribution is 0.502. The molecule has 0 fully saturated rings. The van der Waals surface area contributed by atoms with Crippen LogP contribution in [0.2, 0.25) is 0 Å². The van der Waals surface area contributed by atoms with E-state index >= 15 is 0 Å². The van der Waals surface area contributed by atoms with Gasteiger partial charge >= 0.3 is 0 Å². The fourth-order valence-electron chi connectivity index (χ4n) is 2.21. The number of thiazole rings is 1. The van der Waals surface area contributed by atoms with Gasteiger partial charge < -0.3 is 5.32 Å². The van der Waals surface area contributed by atoms with Crippen molar-refractivity contribution in [2.75, 3.05) is 6.54 Å². The number of aryl methyl sites for hydroxylation is 1. The number of hydrogen-bond donors (Lipinski definition) is 1. The topological polar surface area (TPSA) is 24.9 Å². The summed E-state index contributed by atoms with van der Waals surface area (Å²) in [6.45, 7) is 4.94. The van der Waals surface area contributed by atoms with Gasteiger partial charge in [-0.1, -0.05) is 28.9 Å². The van der Waals surface area contributed by atoms with Crippen molar-refractivity contribution >= 4 is 27.3 Å². The van der Waals surface area contributed by atoms with Gasteiger partial charge in [0.1, 0.15) is 5.82 Å². The number of likely N-dealkylation sites (N-methyl/N-ethyl adjacent to an activating group) is 1. The lowest BCUT2D eigenvalue weighted by Crippen LogP contribution is -2.33. The Kier molecular flexibility index (Phi) is 5.69. The Morgan fingerprint density at radius 3 is 2.80 bits per heavy atom. The maximum atomic E-state index is 13.9. The van der Waals surface area contributed by atoms with Crippen LogP contribution >= 0.6 is 27.3 Å². The zero-order valence-corrected chi connectivity index (χ0v) is 14.0. The highest BCUT2D eigenvalue weighted by molar-refractivity contribution is 9.10. The Morgan fingerprint density at radius 1 is 1.40 bits per heavy atom. The van der Waals surface area contributed by atoms with Gasteiger partial charge in [-0.15, -0.1) is 11.3 Å². The van der Waals surface area contributed by atoms with Crippen molar-refractivity contribution in [1.82, 2.24) is 10.3 Å². The molecule has 0 aliphatic carbocycles. The van der Waals surface area contributed by atoms with Gasteiger partial charge in [0.15, 0.2) is 0 Å². The lowest BCUT2D eigenvalue weighted by atomic mass is 10.0. The monoisotopic (exact) mass is 356 g/mol. The summed E-state index contributed by atoms with van der Waals surface area (Å²) < 4.78 is 14.7. The third kappa shape index (κ3) is 4.36. The predicted octanol–water partition coefficient (Wildman–Crippen LogP) is 4.12. The number of aromatic nitrogens is 1. The van der Waals surface area contributed by atoms with Crippen LogP contribution in [-0.2, 0) is 12.8 Å². The maximum Gasteiger partial charge on any atom is 0.127 e. The zero-order chi connectivity index (χ0) is 14.5.